The number of aromatic hydroxyl groups is 1. The van der Waals surface area contributed by atoms with Crippen molar-refractivity contribution in [2.45, 2.75) is 19.0 Å². The predicted molar refractivity (Wildman–Crippen MR) is 78.6 cm³/mol. The van der Waals surface area contributed by atoms with E-state index in [1.807, 2.05) is 12.1 Å². The van der Waals surface area contributed by atoms with E-state index >= 15 is 0 Å². The lowest BCUT2D eigenvalue weighted by Crippen LogP contribution is -2.31. The number of phenolic OH excluding ortho intramolecular Hbond substituents is 1. The van der Waals surface area contributed by atoms with E-state index in [1.54, 1.807) is 14.2 Å². The molecule has 1 unspecified atom stereocenters. The van der Waals surface area contributed by atoms with Gasteiger partial charge in [0.15, 0.2) is 11.5 Å². The van der Waals surface area contributed by atoms with Gasteiger partial charge in [0, 0.05) is 25.7 Å². The van der Waals surface area contributed by atoms with Gasteiger partial charge in [0.05, 0.1) is 14.2 Å². The normalized spacial score (nSPS) is 19.6. The van der Waals surface area contributed by atoms with Crippen LogP contribution >= 0.6 is 0 Å². The van der Waals surface area contributed by atoms with Crippen LogP contribution in [0.15, 0.2) is 12.1 Å². The van der Waals surface area contributed by atoms with Crippen LogP contribution in [0, 0.1) is 0 Å². The molecule has 5 heteroatoms. The van der Waals surface area contributed by atoms with E-state index in [2.05, 4.69) is 23.9 Å². The molecule has 1 aliphatic rings. The van der Waals surface area contributed by atoms with Crippen LogP contribution < -0.4 is 9.47 Å². The minimum atomic E-state index is 0.0614. The number of nitrogens with zero attached hydrogens (tertiary/aromatic N) is 2. The Hall–Kier alpha value is -1.46. The van der Waals surface area contributed by atoms with Crippen LogP contribution in [0.4, 0.5) is 0 Å². The molecule has 0 aromatic heterocycles. The van der Waals surface area contributed by atoms with Crippen molar-refractivity contribution in [2.75, 3.05) is 41.4 Å². The van der Waals surface area contributed by atoms with E-state index in [0.29, 0.717) is 17.5 Å². The minimum Gasteiger partial charge on any atom is -0.502 e. The van der Waals surface area contributed by atoms with Gasteiger partial charge in [-0.3, -0.25) is 4.90 Å². The molecule has 0 radical (unpaired) electrons. The number of hydrogen-bond donors (Lipinski definition) is 1. The highest BCUT2D eigenvalue weighted by molar-refractivity contribution is 5.52. The molecule has 2 rings (SSSR count). The van der Waals surface area contributed by atoms with Crippen LogP contribution in [0.5, 0.6) is 17.2 Å². The van der Waals surface area contributed by atoms with Gasteiger partial charge in [0.25, 0.3) is 0 Å². The Morgan fingerprint density at radius 1 is 1.25 bits per heavy atom. The highest BCUT2D eigenvalue weighted by Gasteiger charge is 2.24. The van der Waals surface area contributed by atoms with Crippen molar-refractivity contribution >= 4 is 0 Å². The third kappa shape index (κ3) is 3.16. The van der Waals surface area contributed by atoms with Crippen molar-refractivity contribution in [3.05, 3.63) is 17.7 Å². The van der Waals surface area contributed by atoms with Gasteiger partial charge in [-0.25, -0.2) is 0 Å². The van der Waals surface area contributed by atoms with Gasteiger partial charge in [-0.2, -0.15) is 0 Å². The second kappa shape index (κ2) is 6.33. The first-order valence-electron chi connectivity index (χ1n) is 6.87. The molecule has 112 valence electrons. The number of benzene rings is 1. The number of likely N-dealkylation sites (N-methyl/N-ethyl adjacent to an activating group) is 1. The molecule has 1 aliphatic heterocycles. The molecule has 1 aromatic rings. The van der Waals surface area contributed by atoms with E-state index in [0.717, 1.165) is 25.2 Å². The van der Waals surface area contributed by atoms with Crippen LogP contribution in [-0.2, 0) is 6.54 Å². The molecule has 1 saturated heterocycles. The first-order chi connectivity index (χ1) is 9.55. The van der Waals surface area contributed by atoms with Crippen molar-refractivity contribution in [1.82, 2.24) is 9.80 Å². The fraction of sp³-hybridized carbons (Fsp3) is 0.600. The molecule has 20 heavy (non-hydrogen) atoms. The first kappa shape index (κ1) is 14.9. The Labute approximate surface area is 120 Å². The van der Waals surface area contributed by atoms with Crippen molar-refractivity contribution in [1.29, 1.82) is 0 Å². The fourth-order valence-electron chi connectivity index (χ4n) is 2.67. The molecular weight excluding hydrogens is 256 g/mol. The molecule has 1 fully saturated rings. The summed E-state index contributed by atoms with van der Waals surface area (Å²) in [5.41, 5.74) is 1.09. The van der Waals surface area contributed by atoms with Crippen LogP contribution in [0.25, 0.3) is 0 Å². The van der Waals surface area contributed by atoms with E-state index in [9.17, 15) is 5.11 Å². The molecule has 0 amide bonds. The summed E-state index contributed by atoms with van der Waals surface area (Å²) in [4.78, 5) is 4.69. The number of rotatable bonds is 5. The maximum Gasteiger partial charge on any atom is 0.200 e. The molecule has 0 aliphatic carbocycles. The highest BCUT2D eigenvalue weighted by Crippen LogP contribution is 2.37. The summed E-state index contributed by atoms with van der Waals surface area (Å²) in [6, 6.07) is 4.37. The smallest absolute Gasteiger partial charge is 0.200 e. The number of ether oxygens (including phenoxy) is 2. The molecule has 0 saturated carbocycles. The standard InChI is InChI=1S/C15H24N2O3/c1-16(2)12-5-6-17(10-12)9-11-7-13(19-3)15(18)14(8-11)20-4/h7-8,12,18H,5-6,9-10H2,1-4H3. The van der Waals surface area contributed by atoms with Gasteiger partial charge in [0.1, 0.15) is 0 Å². The minimum absolute atomic E-state index is 0.0614. The Kier molecular flexibility index (Phi) is 4.73. The van der Waals surface area contributed by atoms with E-state index in [1.165, 1.54) is 6.42 Å². The third-order valence-corrected chi connectivity index (χ3v) is 3.92. The van der Waals surface area contributed by atoms with Crippen LogP contribution in [-0.4, -0.2) is 62.4 Å². The largest absolute Gasteiger partial charge is 0.502 e. The summed E-state index contributed by atoms with van der Waals surface area (Å²) < 4.78 is 10.4. The average Bonchev–Trinajstić information content (AvgIpc) is 2.89. The molecule has 0 spiro atoms. The van der Waals surface area contributed by atoms with Gasteiger partial charge in [0.2, 0.25) is 5.75 Å². The van der Waals surface area contributed by atoms with Gasteiger partial charge in [-0.05, 0) is 38.2 Å². The van der Waals surface area contributed by atoms with Crippen molar-refractivity contribution < 1.29 is 14.6 Å². The van der Waals surface area contributed by atoms with Crippen molar-refractivity contribution in [2.24, 2.45) is 0 Å². The third-order valence-electron chi connectivity index (χ3n) is 3.92. The number of likely N-dealkylation sites (tertiary alicyclic amines) is 1. The van der Waals surface area contributed by atoms with E-state index in [-0.39, 0.29) is 5.75 Å². The van der Waals surface area contributed by atoms with Gasteiger partial charge in [-0.15, -0.1) is 0 Å². The lowest BCUT2D eigenvalue weighted by Gasteiger charge is -2.21. The molecule has 1 heterocycles. The number of methoxy groups -OCH3 is 2. The molecule has 1 N–H and O–H groups in total. The van der Waals surface area contributed by atoms with Gasteiger partial charge < -0.3 is 19.5 Å². The van der Waals surface area contributed by atoms with Crippen molar-refractivity contribution in [3.63, 3.8) is 0 Å². The summed E-state index contributed by atoms with van der Waals surface area (Å²) in [6.07, 6.45) is 1.19. The number of phenols is 1. The maximum atomic E-state index is 9.92. The lowest BCUT2D eigenvalue weighted by atomic mass is 10.1. The zero-order valence-corrected chi connectivity index (χ0v) is 12.7. The molecular formula is C15H24N2O3. The molecule has 1 aromatic carbocycles. The maximum absolute atomic E-state index is 9.92. The first-order valence-corrected chi connectivity index (χ1v) is 6.87. The molecule has 5 nitrogen and oxygen atoms in total. The van der Waals surface area contributed by atoms with Crippen LogP contribution in [0.3, 0.4) is 0 Å². The average molecular weight is 280 g/mol. The second-order valence-electron chi connectivity index (χ2n) is 5.49. The Morgan fingerprint density at radius 2 is 1.85 bits per heavy atom. The lowest BCUT2D eigenvalue weighted by molar-refractivity contribution is 0.264. The van der Waals surface area contributed by atoms with Gasteiger partial charge in [-0.1, -0.05) is 0 Å². The van der Waals surface area contributed by atoms with Crippen LogP contribution in [0.2, 0.25) is 0 Å². The van der Waals surface area contributed by atoms with E-state index in [4.69, 9.17) is 9.47 Å². The monoisotopic (exact) mass is 280 g/mol. The Balaban J connectivity index is 2.10. The highest BCUT2D eigenvalue weighted by atomic mass is 16.5. The van der Waals surface area contributed by atoms with E-state index < -0.39 is 0 Å². The zero-order valence-electron chi connectivity index (χ0n) is 12.7. The Bertz CT molecular complexity index is 437. The SMILES string of the molecule is COc1cc(CN2CCC(N(C)C)C2)cc(OC)c1O. The summed E-state index contributed by atoms with van der Waals surface area (Å²) in [6.45, 7) is 3.00. The predicted octanol–water partition coefficient (Wildman–Crippen LogP) is 1.55. The molecule has 0 bridgehead atoms. The topological polar surface area (TPSA) is 45.2 Å². The summed E-state index contributed by atoms with van der Waals surface area (Å²) in [5, 5.41) is 9.92. The van der Waals surface area contributed by atoms with Crippen LogP contribution in [0.1, 0.15) is 12.0 Å². The number of hydrogen-bond acceptors (Lipinski definition) is 5. The second-order valence-corrected chi connectivity index (χ2v) is 5.49. The van der Waals surface area contributed by atoms with Crippen molar-refractivity contribution in [3.8, 4) is 17.2 Å². The summed E-state index contributed by atoms with van der Waals surface area (Å²) in [7, 11) is 7.36. The summed E-state index contributed by atoms with van der Waals surface area (Å²) in [5.74, 6) is 0.983. The Morgan fingerprint density at radius 3 is 2.30 bits per heavy atom. The summed E-state index contributed by atoms with van der Waals surface area (Å²) >= 11 is 0. The molecule has 1 atom stereocenters. The van der Waals surface area contributed by atoms with Gasteiger partial charge >= 0.3 is 0 Å². The fourth-order valence-corrected chi connectivity index (χ4v) is 2.67. The zero-order chi connectivity index (χ0) is 14.7. The quantitative estimate of drug-likeness (QED) is 0.886.